The van der Waals surface area contributed by atoms with Crippen molar-refractivity contribution in [1.29, 1.82) is 0 Å². The number of para-hydroxylation sites is 1. The molecule has 4 nitrogen and oxygen atoms in total. The summed E-state index contributed by atoms with van der Waals surface area (Å²) in [5, 5.41) is 4.43. The largest absolute Gasteiger partial charge is 0.360 e. The van der Waals surface area contributed by atoms with Gasteiger partial charge in [-0.15, -0.1) is 0 Å². The maximum Gasteiger partial charge on any atom is 0.227 e. The highest BCUT2D eigenvalue weighted by molar-refractivity contribution is 5.94. The summed E-state index contributed by atoms with van der Waals surface area (Å²) < 4.78 is 0. The van der Waals surface area contributed by atoms with Crippen molar-refractivity contribution in [3.05, 3.63) is 72.6 Å². The Bertz CT molecular complexity index is 970. The zero-order valence-corrected chi connectivity index (χ0v) is 13.5. The van der Waals surface area contributed by atoms with Crippen LogP contribution in [0.4, 0.5) is 11.6 Å². The van der Waals surface area contributed by atoms with Crippen molar-refractivity contribution in [2.45, 2.75) is 13.3 Å². The van der Waals surface area contributed by atoms with E-state index in [9.17, 15) is 0 Å². The zero-order chi connectivity index (χ0) is 16.4. The average molecular weight is 314 g/mol. The Kier molecular flexibility index (Phi) is 3.71. The molecule has 0 aliphatic rings. The van der Waals surface area contributed by atoms with E-state index in [1.165, 1.54) is 5.56 Å². The van der Waals surface area contributed by atoms with Gasteiger partial charge < -0.3 is 10.3 Å². The molecule has 0 amide bonds. The number of rotatable bonds is 4. The van der Waals surface area contributed by atoms with Crippen LogP contribution in [0.2, 0.25) is 0 Å². The summed E-state index contributed by atoms with van der Waals surface area (Å²) in [6.45, 7) is 2.15. The number of aromatic nitrogens is 3. The molecule has 2 heterocycles. The van der Waals surface area contributed by atoms with Crippen LogP contribution in [0, 0.1) is 0 Å². The molecular weight excluding hydrogens is 296 g/mol. The predicted octanol–water partition coefficient (Wildman–Crippen LogP) is 4.93. The number of nitrogens with zero attached hydrogens (tertiary/aromatic N) is 2. The fourth-order valence-corrected chi connectivity index (χ4v) is 2.81. The van der Waals surface area contributed by atoms with Gasteiger partial charge in [-0.2, -0.15) is 0 Å². The second-order valence-electron chi connectivity index (χ2n) is 5.69. The van der Waals surface area contributed by atoms with Gasteiger partial charge >= 0.3 is 0 Å². The lowest BCUT2D eigenvalue weighted by Gasteiger charge is -2.07. The molecule has 118 valence electrons. The molecule has 0 spiro atoms. The molecule has 4 rings (SSSR count). The van der Waals surface area contributed by atoms with Crippen molar-refractivity contribution in [2.24, 2.45) is 0 Å². The Labute approximate surface area is 140 Å². The predicted molar refractivity (Wildman–Crippen MR) is 98.4 cm³/mol. The van der Waals surface area contributed by atoms with E-state index >= 15 is 0 Å². The van der Waals surface area contributed by atoms with Crippen LogP contribution in [-0.4, -0.2) is 15.0 Å². The topological polar surface area (TPSA) is 53.6 Å². The smallest absolute Gasteiger partial charge is 0.227 e. The molecule has 0 fully saturated rings. The van der Waals surface area contributed by atoms with Crippen LogP contribution in [0.25, 0.3) is 22.2 Å². The van der Waals surface area contributed by atoms with Crippen molar-refractivity contribution >= 4 is 22.5 Å². The van der Waals surface area contributed by atoms with Gasteiger partial charge in [-0.05, 0) is 36.2 Å². The maximum absolute atomic E-state index is 4.66. The number of fused-ring (bicyclic) bond motifs is 1. The summed E-state index contributed by atoms with van der Waals surface area (Å²) in [6, 6.07) is 18.5. The van der Waals surface area contributed by atoms with Gasteiger partial charge in [-0.3, -0.25) is 0 Å². The Hall–Kier alpha value is -3.14. The van der Waals surface area contributed by atoms with Gasteiger partial charge in [0.05, 0.1) is 5.69 Å². The first-order valence-electron chi connectivity index (χ1n) is 8.09. The van der Waals surface area contributed by atoms with E-state index in [1.54, 1.807) is 6.20 Å². The molecule has 2 aromatic carbocycles. The molecule has 0 saturated heterocycles. The van der Waals surface area contributed by atoms with Crippen molar-refractivity contribution in [3.8, 4) is 11.3 Å². The molecule has 0 aliphatic carbocycles. The molecular formula is C20H18N4. The third-order valence-corrected chi connectivity index (χ3v) is 4.14. The summed E-state index contributed by atoms with van der Waals surface area (Å²) in [4.78, 5) is 12.3. The van der Waals surface area contributed by atoms with Crippen LogP contribution in [0.1, 0.15) is 12.5 Å². The summed E-state index contributed by atoms with van der Waals surface area (Å²) in [5.74, 6) is 0.599. The number of benzene rings is 2. The van der Waals surface area contributed by atoms with Crippen LogP contribution in [0.15, 0.2) is 67.0 Å². The van der Waals surface area contributed by atoms with Crippen LogP contribution in [0.5, 0.6) is 0 Å². The molecule has 0 bridgehead atoms. The van der Waals surface area contributed by atoms with Gasteiger partial charge in [0.1, 0.15) is 0 Å². The number of hydrogen-bond donors (Lipinski definition) is 2. The van der Waals surface area contributed by atoms with E-state index in [4.69, 9.17) is 0 Å². The minimum atomic E-state index is 0.599. The maximum atomic E-state index is 4.66. The summed E-state index contributed by atoms with van der Waals surface area (Å²) in [7, 11) is 0. The number of aromatic amines is 1. The fraction of sp³-hybridized carbons (Fsp3) is 0.100. The molecule has 0 radical (unpaired) electrons. The van der Waals surface area contributed by atoms with E-state index < -0.39 is 0 Å². The first-order valence-corrected chi connectivity index (χ1v) is 8.09. The van der Waals surface area contributed by atoms with E-state index in [2.05, 4.69) is 63.6 Å². The quantitative estimate of drug-likeness (QED) is 0.561. The van der Waals surface area contributed by atoms with Gasteiger partial charge in [0.15, 0.2) is 0 Å². The summed E-state index contributed by atoms with van der Waals surface area (Å²) >= 11 is 0. The number of nitrogens with one attached hydrogen (secondary N) is 2. The summed E-state index contributed by atoms with van der Waals surface area (Å²) in [6.07, 6.45) is 4.81. The highest BCUT2D eigenvalue weighted by Crippen LogP contribution is 2.27. The number of H-pyrrole nitrogens is 1. The summed E-state index contributed by atoms with van der Waals surface area (Å²) in [5.41, 5.74) is 5.39. The molecule has 0 aliphatic heterocycles. The van der Waals surface area contributed by atoms with E-state index in [0.29, 0.717) is 5.95 Å². The molecule has 4 aromatic rings. The Balaban J connectivity index is 1.66. The van der Waals surface area contributed by atoms with Crippen LogP contribution in [0.3, 0.4) is 0 Å². The molecule has 4 heteroatoms. The van der Waals surface area contributed by atoms with Gasteiger partial charge in [0.2, 0.25) is 5.95 Å². The van der Waals surface area contributed by atoms with Gasteiger partial charge in [0.25, 0.3) is 0 Å². The Morgan fingerprint density at radius 1 is 1.00 bits per heavy atom. The normalized spacial score (nSPS) is 10.9. The first-order chi connectivity index (χ1) is 11.8. The highest BCUT2D eigenvalue weighted by Gasteiger charge is 2.08. The van der Waals surface area contributed by atoms with E-state index in [1.807, 2.05) is 24.4 Å². The van der Waals surface area contributed by atoms with Crippen molar-refractivity contribution < 1.29 is 0 Å². The monoisotopic (exact) mass is 314 g/mol. The molecule has 0 atom stereocenters. The van der Waals surface area contributed by atoms with Crippen molar-refractivity contribution in [1.82, 2.24) is 15.0 Å². The van der Waals surface area contributed by atoms with Crippen molar-refractivity contribution in [3.63, 3.8) is 0 Å². The third-order valence-electron chi connectivity index (χ3n) is 4.14. The van der Waals surface area contributed by atoms with Crippen LogP contribution < -0.4 is 5.32 Å². The van der Waals surface area contributed by atoms with Crippen LogP contribution in [-0.2, 0) is 6.42 Å². The molecule has 0 unspecified atom stereocenters. The van der Waals surface area contributed by atoms with Crippen LogP contribution >= 0.6 is 0 Å². The molecule has 2 N–H and O–H groups in total. The van der Waals surface area contributed by atoms with Gasteiger partial charge in [-0.1, -0.05) is 37.3 Å². The minimum absolute atomic E-state index is 0.599. The molecule has 0 saturated carbocycles. The number of hydrogen-bond acceptors (Lipinski definition) is 3. The zero-order valence-electron chi connectivity index (χ0n) is 13.5. The van der Waals surface area contributed by atoms with Gasteiger partial charge in [-0.25, -0.2) is 9.97 Å². The SMILES string of the molecule is CCc1ccc(Nc2nccc(-c3c[nH]c4ccccc34)n2)cc1. The lowest BCUT2D eigenvalue weighted by molar-refractivity contribution is 1.14. The Morgan fingerprint density at radius 3 is 2.67 bits per heavy atom. The molecule has 24 heavy (non-hydrogen) atoms. The van der Waals surface area contributed by atoms with Crippen molar-refractivity contribution in [2.75, 3.05) is 5.32 Å². The third kappa shape index (κ3) is 2.74. The lowest BCUT2D eigenvalue weighted by atomic mass is 10.1. The average Bonchev–Trinajstić information content (AvgIpc) is 3.07. The van der Waals surface area contributed by atoms with E-state index in [0.717, 1.165) is 34.3 Å². The molecule has 2 aromatic heterocycles. The second kappa shape index (κ2) is 6.16. The van der Waals surface area contributed by atoms with E-state index in [-0.39, 0.29) is 0 Å². The first kappa shape index (κ1) is 14.5. The Morgan fingerprint density at radius 2 is 1.83 bits per heavy atom. The lowest BCUT2D eigenvalue weighted by Crippen LogP contribution is -1.97. The fourth-order valence-electron chi connectivity index (χ4n) is 2.81. The second-order valence-corrected chi connectivity index (χ2v) is 5.69. The van der Waals surface area contributed by atoms with Gasteiger partial charge in [0, 0.05) is 34.5 Å². The highest BCUT2D eigenvalue weighted by atomic mass is 15.1. The number of anilines is 2. The number of aryl methyl sites for hydroxylation is 1. The minimum Gasteiger partial charge on any atom is -0.360 e. The standard InChI is InChI=1S/C20H18N4/c1-2-14-7-9-15(10-8-14)23-20-21-12-11-19(24-20)17-13-22-18-6-4-3-5-16(17)18/h3-13,22H,2H2,1H3,(H,21,23,24).